The molecule has 0 fully saturated rings. The molecular formula is C24H20ClN3O3. The molecule has 1 amide bonds. The van der Waals surface area contributed by atoms with Crippen LogP contribution in [0.1, 0.15) is 18.5 Å². The molecule has 7 heteroatoms. The Balaban J connectivity index is 1.37. The molecular weight excluding hydrogens is 414 g/mol. The zero-order chi connectivity index (χ0) is 21.6. The summed E-state index contributed by atoms with van der Waals surface area (Å²) in [5.74, 6) is 1.20. The number of carbonyl (C=O) groups excluding carboxylic acids is 1. The SMILES string of the molecule is C[C@@H](NC(=O)COc1cccc(-c2nc(-c3ccccc3)no2)c1)c1ccc(Cl)cc1. The number of carbonyl (C=O) groups is 1. The Labute approximate surface area is 184 Å². The first-order valence-electron chi connectivity index (χ1n) is 9.76. The first kappa shape index (κ1) is 20.6. The molecule has 0 unspecified atom stereocenters. The predicted octanol–water partition coefficient (Wildman–Crippen LogP) is 5.31. The van der Waals surface area contributed by atoms with Crippen LogP contribution in [0.3, 0.4) is 0 Å². The lowest BCUT2D eigenvalue weighted by molar-refractivity contribution is -0.123. The molecule has 1 aromatic heterocycles. The highest BCUT2D eigenvalue weighted by molar-refractivity contribution is 6.30. The van der Waals surface area contributed by atoms with Crippen molar-refractivity contribution in [2.45, 2.75) is 13.0 Å². The van der Waals surface area contributed by atoms with E-state index in [0.717, 1.165) is 11.1 Å². The standard InChI is InChI=1S/C24H20ClN3O3/c1-16(17-10-12-20(25)13-11-17)26-22(29)15-30-21-9-5-8-19(14-21)24-27-23(28-31-24)18-6-3-2-4-7-18/h2-14,16H,15H2,1H3,(H,26,29)/t16-/m1/s1. The van der Waals surface area contributed by atoms with Gasteiger partial charge in [-0.2, -0.15) is 4.98 Å². The van der Waals surface area contributed by atoms with E-state index in [1.807, 2.05) is 61.5 Å². The van der Waals surface area contributed by atoms with Crippen LogP contribution in [0.2, 0.25) is 5.02 Å². The highest BCUT2D eigenvalue weighted by atomic mass is 35.5. The molecule has 3 aromatic carbocycles. The number of aromatic nitrogens is 2. The van der Waals surface area contributed by atoms with Crippen LogP contribution < -0.4 is 10.1 Å². The van der Waals surface area contributed by atoms with Gasteiger partial charge >= 0.3 is 0 Å². The van der Waals surface area contributed by atoms with Crippen molar-refractivity contribution in [3.05, 3.63) is 89.4 Å². The van der Waals surface area contributed by atoms with Crippen molar-refractivity contribution < 1.29 is 14.1 Å². The van der Waals surface area contributed by atoms with E-state index >= 15 is 0 Å². The lowest BCUT2D eigenvalue weighted by Crippen LogP contribution is -2.31. The van der Waals surface area contributed by atoms with Crippen LogP contribution in [0.15, 0.2) is 83.4 Å². The molecule has 0 saturated heterocycles. The number of ether oxygens (including phenoxy) is 1. The Morgan fingerprint density at radius 3 is 2.55 bits per heavy atom. The van der Waals surface area contributed by atoms with E-state index in [0.29, 0.717) is 28.1 Å². The first-order valence-corrected chi connectivity index (χ1v) is 10.1. The Bertz CT molecular complexity index is 1160. The van der Waals surface area contributed by atoms with E-state index in [9.17, 15) is 4.79 Å². The maximum Gasteiger partial charge on any atom is 0.258 e. The van der Waals surface area contributed by atoms with Gasteiger partial charge < -0.3 is 14.6 Å². The van der Waals surface area contributed by atoms with Gasteiger partial charge in [-0.25, -0.2) is 0 Å². The summed E-state index contributed by atoms with van der Waals surface area (Å²) in [6, 6.07) is 24.0. The van der Waals surface area contributed by atoms with E-state index in [1.165, 1.54) is 0 Å². The average molecular weight is 434 g/mol. The van der Waals surface area contributed by atoms with Gasteiger partial charge in [-0.15, -0.1) is 0 Å². The predicted molar refractivity (Wildman–Crippen MR) is 119 cm³/mol. The molecule has 0 aliphatic carbocycles. The number of amides is 1. The Kier molecular flexibility index (Phi) is 6.29. The fraction of sp³-hybridized carbons (Fsp3) is 0.125. The largest absolute Gasteiger partial charge is 0.484 e. The third kappa shape index (κ3) is 5.29. The van der Waals surface area contributed by atoms with Gasteiger partial charge in [0.05, 0.1) is 6.04 Å². The van der Waals surface area contributed by atoms with Gasteiger partial charge in [0.25, 0.3) is 11.8 Å². The van der Waals surface area contributed by atoms with Crippen LogP contribution in [0.4, 0.5) is 0 Å². The Hall–Kier alpha value is -3.64. The minimum absolute atomic E-state index is 0.111. The van der Waals surface area contributed by atoms with Crippen LogP contribution in [0.5, 0.6) is 5.75 Å². The third-order valence-electron chi connectivity index (χ3n) is 4.66. The number of benzene rings is 3. The average Bonchev–Trinajstić information content (AvgIpc) is 3.29. The van der Waals surface area contributed by atoms with Crippen molar-refractivity contribution >= 4 is 17.5 Å². The second kappa shape index (κ2) is 9.45. The second-order valence-corrected chi connectivity index (χ2v) is 7.38. The Morgan fingerprint density at radius 2 is 1.77 bits per heavy atom. The molecule has 0 spiro atoms. The third-order valence-corrected chi connectivity index (χ3v) is 4.91. The second-order valence-electron chi connectivity index (χ2n) is 6.95. The van der Waals surface area contributed by atoms with Crippen molar-refractivity contribution in [1.29, 1.82) is 0 Å². The summed E-state index contributed by atoms with van der Waals surface area (Å²) in [7, 11) is 0. The van der Waals surface area contributed by atoms with Crippen molar-refractivity contribution in [2.24, 2.45) is 0 Å². The molecule has 0 aliphatic rings. The van der Waals surface area contributed by atoms with E-state index in [-0.39, 0.29) is 18.6 Å². The zero-order valence-electron chi connectivity index (χ0n) is 16.8. The normalized spacial score (nSPS) is 11.7. The summed E-state index contributed by atoms with van der Waals surface area (Å²) >= 11 is 5.91. The highest BCUT2D eigenvalue weighted by Gasteiger charge is 2.13. The molecule has 0 saturated carbocycles. The summed E-state index contributed by atoms with van der Waals surface area (Å²) in [5.41, 5.74) is 2.55. The van der Waals surface area contributed by atoms with Gasteiger partial charge in [0.1, 0.15) is 5.75 Å². The maximum absolute atomic E-state index is 12.3. The van der Waals surface area contributed by atoms with E-state index in [4.69, 9.17) is 20.9 Å². The van der Waals surface area contributed by atoms with Crippen LogP contribution in [-0.2, 0) is 4.79 Å². The van der Waals surface area contributed by atoms with Gasteiger partial charge in [-0.3, -0.25) is 4.79 Å². The van der Waals surface area contributed by atoms with Gasteiger partial charge in [-0.1, -0.05) is 65.3 Å². The van der Waals surface area contributed by atoms with Crippen LogP contribution in [-0.4, -0.2) is 22.7 Å². The van der Waals surface area contributed by atoms with Gasteiger partial charge in [0.2, 0.25) is 5.82 Å². The van der Waals surface area contributed by atoms with E-state index in [2.05, 4.69) is 15.5 Å². The van der Waals surface area contributed by atoms with Crippen molar-refractivity contribution in [3.8, 4) is 28.6 Å². The molecule has 6 nitrogen and oxygen atoms in total. The van der Waals surface area contributed by atoms with Crippen molar-refractivity contribution in [3.63, 3.8) is 0 Å². The molecule has 0 radical (unpaired) electrons. The molecule has 31 heavy (non-hydrogen) atoms. The first-order chi connectivity index (χ1) is 15.1. The molecule has 1 atom stereocenters. The van der Waals surface area contributed by atoms with Gasteiger partial charge in [-0.05, 0) is 42.8 Å². The quantitative estimate of drug-likeness (QED) is 0.427. The monoisotopic (exact) mass is 433 g/mol. The molecule has 156 valence electrons. The summed E-state index contributed by atoms with van der Waals surface area (Å²) in [6.45, 7) is 1.79. The number of hydrogen-bond donors (Lipinski definition) is 1. The number of halogens is 1. The van der Waals surface area contributed by atoms with Crippen molar-refractivity contribution in [2.75, 3.05) is 6.61 Å². The number of hydrogen-bond acceptors (Lipinski definition) is 5. The Morgan fingerprint density at radius 1 is 1.03 bits per heavy atom. The maximum atomic E-state index is 12.3. The molecule has 1 N–H and O–H groups in total. The summed E-state index contributed by atoms with van der Waals surface area (Å²) < 4.78 is 11.0. The molecule has 4 aromatic rings. The lowest BCUT2D eigenvalue weighted by Gasteiger charge is -2.15. The van der Waals surface area contributed by atoms with Crippen LogP contribution in [0.25, 0.3) is 22.8 Å². The number of nitrogens with one attached hydrogen (secondary N) is 1. The summed E-state index contributed by atoms with van der Waals surface area (Å²) in [5, 5.41) is 7.60. The number of nitrogens with zero attached hydrogens (tertiary/aromatic N) is 2. The zero-order valence-corrected chi connectivity index (χ0v) is 17.5. The van der Waals surface area contributed by atoms with Gasteiger partial charge in [0, 0.05) is 16.1 Å². The lowest BCUT2D eigenvalue weighted by atomic mass is 10.1. The van der Waals surface area contributed by atoms with E-state index in [1.54, 1.807) is 24.3 Å². The molecule has 0 bridgehead atoms. The van der Waals surface area contributed by atoms with Gasteiger partial charge in [0.15, 0.2) is 6.61 Å². The topological polar surface area (TPSA) is 77.2 Å². The smallest absolute Gasteiger partial charge is 0.258 e. The molecule has 0 aliphatic heterocycles. The van der Waals surface area contributed by atoms with Crippen LogP contribution >= 0.6 is 11.6 Å². The van der Waals surface area contributed by atoms with Crippen molar-refractivity contribution in [1.82, 2.24) is 15.5 Å². The molecule has 1 heterocycles. The fourth-order valence-corrected chi connectivity index (χ4v) is 3.16. The highest BCUT2D eigenvalue weighted by Crippen LogP contribution is 2.25. The fourth-order valence-electron chi connectivity index (χ4n) is 3.03. The van der Waals surface area contributed by atoms with E-state index < -0.39 is 0 Å². The minimum Gasteiger partial charge on any atom is -0.484 e. The summed E-state index contributed by atoms with van der Waals surface area (Å²) in [4.78, 5) is 16.7. The summed E-state index contributed by atoms with van der Waals surface area (Å²) in [6.07, 6.45) is 0. The molecule has 4 rings (SSSR count). The minimum atomic E-state index is -0.225. The van der Waals surface area contributed by atoms with Crippen LogP contribution in [0, 0.1) is 0 Å². The number of rotatable bonds is 7.